The molecule has 0 unspecified atom stereocenters. The van der Waals surface area contributed by atoms with Crippen molar-refractivity contribution in [3.63, 3.8) is 0 Å². The minimum atomic E-state index is -1.16. The van der Waals surface area contributed by atoms with Crippen molar-refractivity contribution in [2.24, 2.45) is 0 Å². The molecule has 0 aliphatic heterocycles. The van der Waals surface area contributed by atoms with Crippen molar-refractivity contribution in [3.8, 4) is 0 Å². The molecule has 0 atom stereocenters. The molecule has 0 amide bonds. The molecule has 0 aliphatic rings. The molecule has 1 N–H and O–H groups in total. The van der Waals surface area contributed by atoms with Crippen LogP contribution in [0.25, 0.3) is 0 Å². The summed E-state index contributed by atoms with van der Waals surface area (Å²) >= 11 is 0. The van der Waals surface area contributed by atoms with Crippen LogP contribution in [-0.2, 0) is 4.74 Å². The predicted octanol–water partition coefficient (Wildman–Crippen LogP) is 0.938. The first-order valence-corrected chi connectivity index (χ1v) is 5.63. The summed E-state index contributed by atoms with van der Waals surface area (Å²) in [6, 6.07) is 0. The summed E-state index contributed by atoms with van der Waals surface area (Å²) in [4.78, 5) is 9.98. The Kier molecular flexibility index (Phi) is 16.0. The number of carbonyl (C=O) groups is 1. The van der Waals surface area contributed by atoms with E-state index in [0.717, 1.165) is 12.8 Å². The quantitative estimate of drug-likeness (QED) is 0.350. The molecule has 0 heterocycles. The molecule has 0 saturated heterocycles. The Morgan fingerprint density at radius 1 is 1.07 bits per heavy atom. The van der Waals surface area contributed by atoms with Gasteiger partial charge in [-0.05, 0) is 6.42 Å². The standard InChI is InChI=1S/C11H22O3.Li.H/c1-2-3-4-5-6-7-8-9-10-14-11(12)13;;/h2-10H2,1H3,(H,12,13);;/q;+1;-1. The second-order valence-corrected chi connectivity index (χ2v) is 3.59. The van der Waals surface area contributed by atoms with Crippen molar-refractivity contribution in [1.82, 2.24) is 0 Å². The van der Waals surface area contributed by atoms with Gasteiger partial charge in [0.1, 0.15) is 0 Å². The monoisotopic (exact) mass is 210 g/mol. The Hall–Kier alpha value is -0.133. The Morgan fingerprint density at radius 2 is 1.53 bits per heavy atom. The summed E-state index contributed by atoms with van der Waals surface area (Å²) in [6.07, 6.45) is 8.52. The van der Waals surface area contributed by atoms with Gasteiger partial charge in [0.05, 0.1) is 6.61 Å². The van der Waals surface area contributed by atoms with Crippen molar-refractivity contribution >= 4 is 6.16 Å². The largest absolute Gasteiger partial charge is 1.00 e. The van der Waals surface area contributed by atoms with Gasteiger partial charge in [0, 0.05) is 0 Å². The van der Waals surface area contributed by atoms with E-state index in [1.165, 1.54) is 38.5 Å². The van der Waals surface area contributed by atoms with Crippen LogP contribution in [0.4, 0.5) is 4.79 Å². The molecule has 0 radical (unpaired) electrons. The molecule has 0 saturated carbocycles. The second-order valence-electron chi connectivity index (χ2n) is 3.59. The van der Waals surface area contributed by atoms with Crippen LogP contribution in [0.2, 0.25) is 0 Å². The summed E-state index contributed by atoms with van der Waals surface area (Å²) in [5.74, 6) is 0. The van der Waals surface area contributed by atoms with Crippen LogP contribution in [0.5, 0.6) is 0 Å². The maximum Gasteiger partial charge on any atom is 1.00 e. The van der Waals surface area contributed by atoms with Crippen LogP contribution in [-0.4, -0.2) is 17.9 Å². The average Bonchev–Trinajstić information content (AvgIpc) is 2.15. The number of unbranched alkanes of at least 4 members (excludes halogenated alkanes) is 7. The van der Waals surface area contributed by atoms with Gasteiger partial charge in [0.2, 0.25) is 0 Å². The predicted molar refractivity (Wildman–Crippen MR) is 57.7 cm³/mol. The van der Waals surface area contributed by atoms with E-state index in [-0.39, 0.29) is 20.3 Å². The van der Waals surface area contributed by atoms with Crippen LogP contribution in [0.1, 0.15) is 59.7 Å². The van der Waals surface area contributed by atoms with Gasteiger partial charge in [-0.3, -0.25) is 0 Å². The SMILES string of the molecule is CCCCCCCCCCOC(=O)O.[H-].[Li+]. The molecule has 0 aromatic carbocycles. The third kappa shape index (κ3) is 16.5. The van der Waals surface area contributed by atoms with Crippen molar-refractivity contribution in [3.05, 3.63) is 0 Å². The van der Waals surface area contributed by atoms with E-state index >= 15 is 0 Å². The maximum atomic E-state index is 9.98. The van der Waals surface area contributed by atoms with Gasteiger partial charge >= 0.3 is 25.0 Å². The Balaban J connectivity index is -0.000000845. The van der Waals surface area contributed by atoms with E-state index in [1.807, 2.05) is 0 Å². The number of ether oxygens (including phenoxy) is 1. The smallest absolute Gasteiger partial charge is 1.00 e. The normalized spacial score (nSPS) is 9.40. The summed E-state index contributed by atoms with van der Waals surface area (Å²) in [5, 5.41) is 8.19. The Labute approximate surface area is 106 Å². The molecular formula is C11H23LiO3. The molecule has 0 bridgehead atoms. The molecule has 0 aromatic rings. The molecule has 0 fully saturated rings. The average molecular weight is 210 g/mol. The van der Waals surface area contributed by atoms with Crippen LogP contribution >= 0.6 is 0 Å². The van der Waals surface area contributed by atoms with E-state index in [1.54, 1.807) is 0 Å². The number of hydrogen-bond donors (Lipinski definition) is 1. The summed E-state index contributed by atoms with van der Waals surface area (Å²) in [7, 11) is 0. The number of hydrogen-bond acceptors (Lipinski definition) is 2. The molecule has 4 heteroatoms. The summed E-state index contributed by atoms with van der Waals surface area (Å²) < 4.78 is 4.40. The third-order valence-electron chi connectivity index (χ3n) is 2.22. The van der Waals surface area contributed by atoms with Crippen LogP contribution in [0.3, 0.4) is 0 Å². The molecule has 3 nitrogen and oxygen atoms in total. The van der Waals surface area contributed by atoms with Gasteiger partial charge < -0.3 is 11.3 Å². The van der Waals surface area contributed by atoms with Gasteiger partial charge in [-0.15, -0.1) is 0 Å². The molecule has 0 aromatic heterocycles. The second kappa shape index (κ2) is 13.9. The van der Waals surface area contributed by atoms with Crippen molar-refractivity contribution in [1.29, 1.82) is 0 Å². The van der Waals surface area contributed by atoms with E-state index in [2.05, 4.69) is 11.7 Å². The van der Waals surface area contributed by atoms with Gasteiger partial charge in [-0.25, -0.2) is 4.79 Å². The van der Waals surface area contributed by atoms with Crippen molar-refractivity contribution in [2.75, 3.05) is 6.61 Å². The summed E-state index contributed by atoms with van der Waals surface area (Å²) in [6.45, 7) is 2.56. The van der Waals surface area contributed by atoms with Gasteiger partial charge in [-0.1, -0.05) is 51.9 Å². The van der Waals surface area contributed by atoms with Crippen LogP contribution < -0.4 is 18.9 Å². The zero-order valence-corrected chi connectivity index (χ0v) is 10.1. The molecule has 15 heavy (non-hydrogen) atoms. The molecule has 0 aliphatic carbocycles. The molecular weight excluding hydrogens is 187 g/mol. The van der Waals surface area contributed by atoms with Crippen molar-refractivity contribution in [2.45, 2.75) is 58.3 Å². The zero-order valence-electron chi connectivity index (χ0n) is 11.1. The van der Waals surface area contributed by atoms with Gasteiger partial charge in [-0.2, -0.15) is 0 Å². The summed E-state index contributed by atoms with van der Waals surface area (Å²) in [5.41, 5.74) is 0. The van der Waals surface area contributed by atoms with E-state index in [4.69, 9.17) is 5.11 Å². The van der Waals surface area contributed by atoms with Crippen LogP contribution in [0.15, 0.2) is 0 Å². The van der Waals surface area contributed by atoms with E-state index in [0.29, 0.717) is 6.61 Å². The number of carboxylic acid groups (broad SMARTS) is 1. The Morgan fingerprint density at radius 3 is 2.00 bits per heavy atom. The number of rotatable bonds is 9. The topological polar surface area (TPSA) is 46.5 Å². The first-order chi connectivity index (χ1) is 6.77. The molecule has 86 valence electrons. The Bertz CT molecular complexity index is 145. The zero-order chi connectivity index (χ0) is 10.6. The first-order valence-electron chi connectivity index (χ1n) is 5.63. The van der Waals surface area contributed by atoms with E-state index < -0.39 is 6.16 Å². The maximum absolute atomic E-state index is 9.98. The van der Waals surface area contributed by atoms with Crippen molar-refractivity contribution < 1.29 is 34.9 Å². The minimum absolute atomic E-state index is 0. The minimum Gasteiger partial charge on any atom is -1.00 e. The van der Waals surface area contributed by atoms with Gasteiger partial charge in [0.15, 0.2) is 0 Å². The fourth-order valence-electron chi connectivity index (χ4n) is 1.40. The van der Waals surface area contributed by atoms with Crippen LogP contribution in [0, 0.1) is 0 Å². The first kappa shape index (κ1) is 17.3. The fraction of sp³-hybridized carbons (Fsp3) is 0.909. The molecule has 0 rings (SSSR count). The molecule has 0 spiro atoms. The van der Waals surface area contributed by atoms with Gasteiger partial charge in [0.25, 0.3) is 0 Å². The fourth-order valence-corrected chi connectivity index (χ4v) is 1.40. The van der Waals surface area contributed by atoms with E-state index in [9.17, 15) is 4.79 Å². The third-order valence-corrected chi connectivity index (χ3v) is 2.22.